The van der Waals surface area contributed by atoms with Crippen LogP contribution in [0.25, 0.3) is 0 Å². The summed E-state index contributed by atoms with van der Waals surface area (Å²) in [7, 11) is 0. The Morgan fingerprint density at radius 3 is 2.61 bits per heavy atom. The first-order chi connectivity index (χ1) is 8.49. The lowest BCUT2D eigenvalue weighted by Gasteiger charge is -2.36. The van der Waals surface area contributed by atoms with Crippen LogP contribution in [0.5, 0.6) is 0 Å². The van der Waals surface area contributed by atoms with Crippen LogP contribution >= 0.6 is 0 Å². The largest absolute Gasteiger partial charge is 0.339 e. The molecular formula is C15H28N2O. The van der Waals surface area contributed by atoms with E-state index >= 15 is 0 Å². The number of nitrogens with two attached hydrogens (primary N) is 1. The van der Waals surface area contributed by atoms with E-state index in [0.29, 0.717) is 23.8 Å². The Balaban J connectivity index is 2.02. The first-order valence-electron chi connectivity index (χ1n) is 7.55. The number of likely N-dealkylation sites (tertiary alicyclic amines) is 1. The zero-order valence-electron chi connectivity index (χ0n) is 12.1. The number of carbonyl (C=O) groups excluding carboxylic acids is 1. The molecule has 0 aromatic rings. The molecule has 3 heteroatoms. The maximum Gasteiger partial charge on any atom is 0.226 e. The minimum Gasteiger partial charge on any atom is -0.339 e. The fourth-order valence-corrected chi connectivity index (χ4v) is 3.85. The second-order valence-corrected chi connectivity index (χ2v) is 6.75. The van der Waals surface area contributed by atoms with Crippen molar-refractivity contribution in [3.8, 4) is 0 Å². The molecule has 4 atom stereocenters. The molecule has 2 fully saturated rings. The third-order valence-electron chi connectivity index (χ3n) is 4.68. The van der Waals surface area contributed by atoms with E-state index in [4.69, 9.17) is 5.73 Å². The molecule has 104 valence electrons. The number of hydrogen-bond donors (Lipinski definition) is 1. The van der Waals surface area contributed by atoms with E-state index in [1.165, 1.54) is 12.8 Å². The molecule has 0 bridgehead atoms. The van der Waals surface area contributed by atoms with E-state index in [-0.39, 0.29) is 12.0 Å². The molecule has 0 aromatic heterocycles. The first-order valence-corrected chi connectivity index (χ1v) is 7.55. The fourth-order valence-electron chi connectivity index (χ4n) is 3.85. The Morgan fingerprint density at radius 2 is 2.00 bits per heavy atom. The van der Waals surface area contributed by atoms with Crippen molar-refractivity contribution in [1.29, 1.82) is 0 Å². The van der Waals surface area contributed by atoms with Crippen molar-refractivity contribution in [2.45, 2.75) is 65.0 Å². The summed E-state index contributed by atoms with van der Waals surface area (Å²) in [6, 6.07) is 0.689. The zero-order chi connectivity index (χ0) is 13.3. The molecule has 0 spiro atoms. The lowest BCUT2D eigenvalue weighted by Crippen LogP contribution is -2.45. The van der Waals surface area contributed by atoms with Gasteiger partial charge >= 0.3 is 0 Å². The van der Waals surface area contributed by atoms with Gasteiger partial charge in [-0.3, -0.25) is 4.79 Å². The standard InChI is InChI=1S/C15H28N2O/c1-10(2)14-5-4-6-17(14)15(18)12-7-11(3)8-13(16)9-12/h10-14H,4-9,16H2,1-3H3. The van der Waals surface area contributed by atoms with Crippen molar-refractivity contribution in [2.75, 3.05) is 6.54 Å². The van der Waals surface area contributed by atoms with Gasteiger partial charge in [-0.1, -0.05) is 20.8 Å². The number of carbonyl (C=O) groups is 1. The maximum absolute atomic E-state index is 12.7. The van der Waals surface area contributed by atoms with Crippen LogP contribution in [0.3, 0.4) is 0 Å². The quantitative estimate of drug-likeness (QED) is 0.820. The summed E-state index contributed by atoms with van der Waals surface area (Å²) in [5.41, 5.74) is 6.08. The lowest BCUT2D eigenvalue weighted by molar-refractivity contribution is -0.138. The highest BCUT2D eigenvalue weighted by atomic mass is 16.2. The lowest BCUT2D eigenvalue weighted by atomic mass is 9.79. The summed E-state index contributed by atoms with van der Waals surface area (Å²) in [5.74, 6) is 1.74. The van der Waals surface area contributed by atoms with Crippen molar-refractivity contribution in [3.05, 3.63) is 0 Å². The van der Waals surface area contributed by atoms with Crippen LogP contribution in [0.15, 0.2) is 0 Å². The molecule has 1 saturated carbocycles. The van der Waals surface area contributed by atoms with Gasteiger partial charge in [-0.15, -0.1) is 0 Å². The molecular weight excluding hydrogens is 224 g/mol. The third-order valence-corrected chi connectivity index (χ3v) is 4.68. The number of nitrogens with zero attached hydrogens (tertiary/aromatic N) is 1. The Bertz CT molecular complexity index is 293. The average molecular weight is 252 g/mol. The fraction of sp³-hybridized carbons (Fsp3) is 0.933. The van der Waals surface area contributed by atoms with Crippen molar-refractivity contribution < 1.29 is 4.79 Å². The maximum atomic E-state index is 12.7. The summed E-state index contributed by atoms with van der Waals surface area (Å²) in [6.45, 7) is 7.64. The molecule has 2 rings (SSSR count). The third kappa shape index (κ3) is 2.87. The van der Waals surface area contributed by atoms with Crippen LogP contribution in [0.4, 0.5) is 0 Å². The summed E-state index contributed by atoms with van der Waals surface area (Å²) in [5, 5.41) is 0. The molecule has 1 aliphatic carbocycles. The van der Waals surface area contributed by atoms with Gasteiger partial charge < -0.3 is 10.6 Å². The topological polar surface area (TPSA) is 46.3 Å². The molecule has 2 N–H and O–H groups in total. The van der Waals surface area contributed by atoms with Gasteiger partial charge in [0.25, 0.3) is 0 Å². The van der Waals surface area contributed by atoms with Gasteiger partial charge in [-0.2, -0.15) is 0 Å². The van der Waals surface area contributed by atoms with Crippen molar-refractivity contribution in [1.82, 2.24) is 4.90 Å². The van der Waals surface area contributed by atoms with Gasteiger partial charge in [0.15, 0.2) is 0 Å². The van der Waals surface area contributed by atoms with Gasteiger partial charge in [0, 0.05) is 24.5 Å². The minimum atomic E-state index is 0.183. The normalized spacial score (nSPS) is 37.3. The summed E-state index contributed by atoms with van der Waals surface area (Å²) in [6.07, 6.45) is 5.36. The Labute approximate surface area is 111 Å². The molecule has 0 radical (unpaired) electrons. The molecule has 0 aromatic carbocycles. The highest BCUT2D eigenvalue weighted by Crippen LogP contribution is 2.32. The second-order valence-electron chi connectivity index (χ2n) is 6.75. The monoisotopic (exact) mass is 252 g/mol. The Morgan fingerprint density at radius 1 is 1.28 bits per heavy atom. The van der Waals surface area contributed by atoms with Gasteiger partial charge in [-0.25, -0.2) is 0 Å². The van der Waals surface area contributed by atoms with Gasteiger partial charge in [0.2, 0.25) is 5.91 Å². The molecule has 18 heavy (non-hydrogen) atoms. The van der Waals surface area contributed by atoms with Crippen LogP contribution in [0.1, 0.15) is 52.9 Å². The van der Waals surface area contributed by atoms with Gasteiger partial charge in [0.1, 0.15) is 0 Å². The van der Waals surface area contributed by atoms with E-state index in [0.717, 1.165) is 25.8 Å². The van der Waals surface area contributed by atoms with Crippen molar-refractivity contribution in [3.63, 3.8) is 0 Å². The van der Waals surface area contributed by atoms with E-state index in [1.54, 1.807) is 0 Å². The Kier molecular flexibility index (Phi) is 4.31. The number of hydrogen-bond acceptors (Lipinski definition) is 2. The molecule has 1 heterocycles. The van der Waals surface area contributed by atoms with E-state index in [2.05, 4.69) is 25.7 Å². The number of rotatable bonds is 2. The van der Waals surface area contributed by atoms with E-state index in [1.807, 2.05) is 0 Å². The molecule has 1 saturated heterocycles. The summed E-state index contributed by atoms with van der Waals surface area (Å²) < 4.78 is 0. The van der Waals surface area contributed by atoms with Crippen LogP contribution in [0.2, 0.25) is 0 Å². The van der Waals surface area contributed by atoms with E-state index < -0.39 is 0 Å². The van der Waals surface area contributed by atoms with Crippen LogP contribution in [-0.4, -0.2) is 29.4 Å². The second kappa shape index (κ2) is 5.60. The molecule has 4 unspecified atom stereocenters. The van der Waals surface area contributed by atoms with Crippen molar-refractivity contribution in [2.24, 2.45) is 23.5 Å². The smallest absolute Gasteiger partial charge is 0.226 e. The van der Waals surface area contributed by atoms with Crippen LogP contribution < -0.4 is 5.73 Å². The summed E-state index contributed by atoms with van der Waals surface area (Å²) in [4.78, 5) is 14.8. The minimum absolute atomic E-state index is 0.183. The van der Waals surface area contributed by atoms with E-state index in [9.17, 15) is 4.79 Å². The zero-order valence-corrected chi connectivity index (χ0v) is 12.1. The number of amides is 1. The highest BCUT2D eigenvalue weighted by Gasteiger charge is 2.37. The predicted molar refractivity (Wildman–Crippen MR) is 74.1 cm³/mol. The van der Waals surface area contributed by atoms with Gasteiger partial charge in [0.05, 0.1) is 0 Å². The average Bonchev–Trinajstić information content (AvgIpc) is 2.75. The van der Waals surface area contributed by atoms with Crippen LogP contribution in [-0.2, 0) is 4.79 Å². The summed E-state index contributed by atoms with van der Waals surface area (Å²) >= 11 is 0. The predicted octanol–water partition coefficient (Wildman–Crippen LogP) is 2.40. The van der Waals surface area contributed by atoms with Crippen molar-refractivity contribution >= 4 is 5.91 Å². The SMILES string of the molecule is CC1CC(N)CC(C(=O)N2CCCC2C(C)C)C1. The molecule has 1 amide bonds. The highest BCUT2D eigenvalue weighted by molar-refractivity contribution is 5.79. The van der Waals surface area contributed by atoms with Gasteiger partial charge in [-0.05, 0) is 43.9 Å². The molecule has 2 aliphatic rings. The molecule has 1 aliphatic heterocycles. The molecule has 3 nitrogen and oxygen atoms in total. The van der Waals surface area contributed by atoms with Crippen LogP contribution in [0, 0.1) is 17.8 Å². The Hall–Kier alpha value is -0.570. The first kappa shape index (κ1) is 13.9.